The second kappa shape index (κ2) is 12.3. The standard InChI is InChI=1S/C27H31ClF4N2O4/c1-33(2)24(35)22-10-9-21(17-23(22)28)38-15-4-3-6-18-11-13-34(14-12-18)25(36)26(37,27(30,31)32)19-7-5-8-20(29)16-19/h5,7-10,16-18,37H,3-4,6,11-15H2,1-2H3. The number of carbonyl (C=O) groups is 2. The highest BCUT2D eigenvalue weighted by Crippen LogP contribution is 2.41. The molecule has 0 aromatic heterocycles. The molecular formula is C27H31ClF4N2O4. The van der Waals surface area contributed by atoms with Crippen molar-refractivity contribution in [3.8, 4) is 5.75 Å². The molecule has 1 heterocycles. The van der Waals surface area contributed by atoms with E-state index in [4.69, 9.17) is 16.3 Å². The Hall–Kier alpha value is -2.85. The Morgan fingerprint density at radius 2 is 1.79 bits per heavy atom. The number of ether oxygens (including phenoxy) is 1. The normalized spacial score (nSPS) is 16.2. The maximum absolute atomic E-state index is 13.8. The van der Waals surface area contributed by atoms with E-state index in [9.17, 15) is 32.3 Å². The summed E-state index contributed by atoms with van der Waals surface area (Å²) < 4.78 is 60.7. The number of rotatable bonds is 9. The molecule has 3 rings (SSSR count). The number of piperidine rings is 1. The number of hydrogen-bond donors (Lipinski definition) is 1. The fourth-order valence-electron chi connectivity index (χ4n) is 4.50. The quantitative estimate of drug-likeness (QED) is 0.330. The summed E-state index contributed by atoms with van der Waals surface area (Å²) in [6.07, 6.45) is -1.93. The number of alkyl halides is 3. The van der Waals surface area contributed by atoms with Gasteiger partial charge >= 0.3 is 6.18 Å². The summed E-state index contributed by atoms with van der Waals surface area (Å²) in [4.78, 5) is 27.3. The van der Waals surface area contributed by atoms with Crippen molar-refractivity contribution in [2.45, 2.75) is 43.9 Å². The molecule has 2 aromatic rings. The van der Waals surface area contributed by atoms with Crippen molar-refractivity contribution < 1.29 is 37.0 Å². The average Bonchev–Trinajstić information content (AvgIpc) is 2.87. The van der Waals surface area contributed by atoms with Crippen LogP contribution in [-0.2, 0) is 10.4 Å². The molecular weight excluding hydrogens is 528 g/mol. The Morgan fingerprint density at radius 1 is 1.11 bits per heavy atom. The number of hydrogen-bond acceptors (Lipinski definition) is 4. The van der Waals surface area contributed by atoms with E-state index in [1.807, 2.05) is 0 Å². The Bertz CT molecular complexity index is 1140. The lowest BCUT2D eigenvalue weighted by atomic mass is 9.88. The predicted molar refractivity (Wildman–Crippen MR) is 134 cm³/mol. The molecule has 1 atom stereocenters. The topological polar surface area (TPSA) is 70.1 Å². The van der Waals surface area contributed by atoms with E-state index in [2.05, 4.69) is 0 Å². The van der Waals surface area contributed by atoms with Gasteiger partial charge in [-0.15, -0.1) is 0 Å². The van der Waals surface area contributed by atoms with E-state index in [-0.39, 0.29) is 24.9 Å². The maximum Gasteiger partial charge on any atom is 0.430 e. The molecule has 1 N–H and O–H groups in total. The van der Waals surface area contributed by atoms with Gasteiger partial charge in [-0.05, 0) is 61.9 Å². The molecule has 0 saturated carbocycles. The first-order chi connectivity index (χ1) is 17.8. The molecule has 0 spiro atoms. The minimum Gasteiger partial charge on any atom is -0.494 e. The molecule has 208 valence electrons. The molecule has 1 aliphatic heterocycles. The third-order valence-electron chi connectivity index (χ3n) is 6.72. The monoisotopic (exact) mass is 558 g/mol. The largest absolute Gasteiger partial charge is 0.494 e. The van der Waals surface area contributed by atoms with E-state index < -0.39 is 29.1 Å². The number of carbonyl (C=O) groups excluding carboxylic acids is 2. The molecule has 0 radical (unpaired) electrons. The van der Waals surface area contributed by atoms with Crippen molar-refractivity contribution in [2.24, 2.45) is 5.92 Å². The van der Waals surface area contributed by atoms with Gasteiger partial charge in [-0.25, -0.2) is 4.39 Å². The molecule has 1 saturated heterocycles. The van der Waals surface area contributed by atoms with Crippen LogP contribution in [0.15, 0.2) is 42.5 Å². The lowest BCUT2D eigenvalue weighted by Gasteiger charge is -2.38. The molecule has 0 bridgehead atoms. The van der Waals surface area contributed by atoms with Crippen LogP contribution in [0, 0.1) is 11.7 Å². The van der Waals surface area contributed by atoms with Gasteiger partial charge in [-0.3, -0.25) is 9.59 Å². The molecule has 2 amide bonds. The van der Waals surface area contributed by atoms with Gasteiger partial charge in [0.25, 0.3) is 17.4 Å². The zero-order valence-electron chi connectivity index (χ0n) is 21.2. The predicted octanol–water partition coefficient (Wildman–Crippen LogP) is 5.42. The fraction of sp³-hybridized carbons (Fsp3) is 0.481. The maximum atomic E-state index is 13.8. The number of unbranched alkanes of at least 4 members (excludes halogenated alkanes) is 1. The molecule has 6 nitrogen and oxygen atoms in total. The van der Waals surface area contributed by atoms with Crippen molar-refractivity contribution in [2.75, 3.05) is 33.8 Å². The average molecular weight is 559 g/mol. The minimum atomic E-state index is -5.30. The van der Waals surface area contributed by atoms with Crippen molar-refractivity contribution in [3.63, 3.8) is 0 Å². The van der Waals surface area contributed by atoms with Crippen LogP contribution in [0.3, 0.4) is 0 Å². The number of halogens is 5. The third kappa shape index (κ3) is 6.77. The zero-order chi connectivity index (χ0) is 28.1. The second-order valence-electron chi connectivity index (χ2n) is 9.64. The van der Waals surface area contributed by atoms with Crippen molar-refractivity contribution in [1.29, 1.82) is 0 Å². The smallest absolute Gasteiger partial charge is 0.430 e. The van der Waals surface area contributed by atoms with Crippen LogP contribution in [0.4, 0.5) is 17.6 Å². The number of nitrogens with zero attached hydrogens (tertiary/aromatic N) is 2. The summed E-state index contributed by atoms with van der Waals surface area (Å²) in [6.45, 7) is 0.579. The molecule has 0 aliphatic carbocycles. The zero-order valence-corrected chi connectivity index (χ0v) is 22.0. The van der Waals surface area contributed by atoms with E-state index in [1.165, 1.54) is 4.90 Å². The minimum absolute atomic E-state index is 0.0736. The van der Waals surface area contributed by atoms with Crippen molar-refractivity contribution in [1.82, 2.24) is 9.80 Å². The first-order valence-electron chi connectivity index (χ1n) is 12.3. The van der Waals surface area contributed by atoms with Crippen molar-refractivity contribution in [3.05, 3.63) is 64.4 Å². The van der Waals surface area contributed by atoms with Crippen LogP contribution < -0.4 is 4.74 Å². The summed E-state index contributed by atoms with van der Waals surface area (Å²) in [6, 6.07) is 8.29. The van der Waals surface area contributed by atoms with E-state index in [0.29, 0.717) is 41.9 Å². The van der Waals surface area contributed by atoms with Gasteiger partial charge in [-0.2, -0.15) is 13.2 Å². The lowest BCUT2D eigenvalue weighted by Crippen LogP contribution is -2.57. The first kappa shape index (κ1) is 29.7. The molecule has 1 unspecified atom stereocenters. The summed E-state index contributed by atoms with van der Waals surface area (Å²) in [7, 11) is 3.28. The summed E-state index contributed by atoms with van der Waals surface area (Å²) in [5, 5.41) is 10.8. The van der Waals surface area contributed by atoms with Crippen LogP contribution in [-0.4, -0.2) is 66.7 Å². The van der Waals surface area contributed by atoms with Gasteiger partial charge in [-0.1, -0.05) is 30.2 Å². The first-order valence-corrected chi connectivity index (χ1v) is 12.7. The van der Waals surface area contributed by atoms with Crippen LogP contribution in [0.2, 0.25) is 5.02 Å². The number of likely N-dealkylation sites (tertiary alicyclic amines) is 1. The number of benzene rings is 2. The lowest BCUT2D eigenvalue weighted by molar-refractivity contribution is -0.262. The SMILES string of the molecule is CN(C)C(=O)c1ccc(OCCCCC2CCN(C(=O)C(O)(c3cccc(F)c3)C(F)(F)F)CC2)cc1Cl. The number of aliphatic hydroxyl groups is 1. The highest BCUT2D eigenvalue weighted by atomic mass is 35.5. The third-order valence-corrected chi connectivity index (χ3v) is 7.03. The summed E-state index contributed by atoms with van der Waals surface area (Å²) in [5.41, 5.74) is -4.25. The van der Waals surface area contributed by atoms with E-state index >= 15 is 0 Å². The van der Waals surface area contributed by atoms with Gasteiger partial charge in [0.15, 0.2) is 0 Å². The Balaban J connectivity index is 1.46. The molecule has 38 heavy (non-hydrogen) atoms. The molecule has 1 fully saturated rings. The van der Waals surface area contributed by atoms with Gasteiger partial charge in [0.1, 0.15) is 11.6 Å². The van der Waals surface area contributed by atoms with Gasteiger partial charge < -0.3 is 19.6 Å². The van der Waals surface area contributed by atoms with Crippen LogP contribution >= 0.6 is 11.6 Å². The Labute approximate surface area is 224 Å². The highest BCUT2D eigenvalue weighted by molar-refractivity contribution is 6.34. The van der Waals surface area contributed by atoms with Gasteiger partial charge in [0, 0.05) is 32.7 Å². The molecule has 1 aliphatic rings. The Morgan fingerprint density at radius 3 is 2.37 bits per heavy atom. The van der Waals surface area contributed by atoms with Crippen LogP contribution in [0.25, 0.3) is 0 Å². The molecule has 2 aromatic carbocycles. The Kier molecular flexibility index (Phi) is 9.64. The summed E-state index contributed by atoms with van der Waals surface area (Å²) >= 11 is 6.19. The number of amides is 2. The van der Waals surface area contributed by atoms with E-state index in [0.717, 1.165) is 42.4 Å². The highest BCUT2D eigenvalue weighted by Gasteiger charge is 2.62. The fourth-order valence-corrected chi connectivity index (χ4v) is 4.75. The van der Waals surface area contributed by atoms with Gasteiger partial charge in [0.2, 0.25) is 0 Å². The van der Waals surface area contributed by atoms with Crippen LogP contribution in [0.1, 0.15) is 48.0 Å². The van der Waals surface area contributed by atoms with E-state index in [1.54, 1.807) is 32.3 Å². The van der Waals surface area contributed by atoms with Gasteiger partial charge in [0.05, 0.1) is 17.2 Å². The van der Waals surface area contributed by atoms with Crippen molar-refractivity contribution >= 4 is 23.4 Å². The summed E-state index contributed by atoms with van der Waals surface area (Å²) in [5.74, 6) is -1.89. The molecule has 11 heteroatoms. The second-order valence-corrected chi connectivity index (χ2v) is 10.0. The van der Waals surface area contributed by atoms with Crippen LogP contribution in [0.5, 0.6) is 5.75 Å².